The first-order valence-corrected chi connectivity index (χ1v) is 6.05. The lowest BCUT2D eigenvalue weighted by Gasteiger charge is -2.20. The monoisotopic (exact) mass is 276 g/mol. The maximum absolute atomic E-state index is 12.0. The number of aromatic carboxylic acids is 1. The third kappa shape index (κ3) is 3.92. The average molecular weight is 276 g/mol. The number of carboxylic acid groups (broad SMARTS) is 1. The van der Waals surface area contributed by atoms with Gasteiger partial charge in [0.25, 0.3) is 0 Å². The largest absolute Gasteiger partial charge is 0.506 e. The van der Waals surface area contributed by atoms with E-state index < -0.39 is 12.0 Å². The summed E-state index contributed by atoms with van der Waals surface area (Å²) in [5.41, 5.74) is 0.0765. The highest BCUT2D eigenvalue weighted by molar-refractivity contribution is 5.93. The van der Waals surface area contributed by atoms with Crippen LogP contribution in [0.15, 0.2) is 18.2 Å². The minimum Gasteiger partial charge on any atom is -0.506 e. The summed E-state index contributed by atoms with van der Waals surface area (Å²) in [5.74, 6) is 0.919. The minimum absolute atomic E-state index is 0.0606. The molecule has 0 spiro atoms. The van der Waals surface area contributed by atoms with Gasteiger partial charge in [0.2, 0.25) is 0 Å². The van der Waals surface area contributed by atoms with Crippen LogP contribution in [0.2, 0.25) is 0 Å². The molecule has 0 aliphatic heterocycles. The summed E-state index contributed by atoms with van der Waals surface area (Å²) in [6.07, 6.45) is 5.94. The maximum atomic E-state index is 12.0. The molecule has 6 nitrogen and oxygen atoms in total. The normalized spacial score (nSPS) is 9.60. The molecule has 6 heteroatoms. The fraction of sp³-hybridized carbons (Fsp3) is 0.286. The first-order chi connectivity index (χ1) is 9.49. The van der Waals surface area contributed by atoms with Crippen LogP contribution in [-0.2, 0) is 0 Å². The number of amides is 2. The number of carbonyl (C=O) groups excluding carboxylic acids is 1. The van der Waals surface area contributed by atoms with Crippen LogP contribution in [0.1, 0.15) is 23.7 Å². The number of carbonyl (C=O) groups is 2. The molecular weight excluding hydrogens is 260 g/mol. The Labute approximate surface area is 117 Å². The summed E-state index contributed by atoms with van der Waals surface area (Å²) in [6.45, 7) is 2.56. The number of terminal acetylenes is 1. The van der Waals surface area contributed by atoms with Gasteiger partial charge in [-0.3, -0.25) is 0 Å². The number of phenolic OH excluding ortho intramolecular Hbond substituents is 1. The highest BCUT2D eigenvalue weighted by atomic mass is 16.4. The van der Waals surface area contributed by atoms with Gasteiger partial charge in [-0.2, -0.15) is 0 Å². The number of nitrogens with zero attached hydrogens (tertiary/aromatic N) is 1. The van der Waals surface area contributed by atoms with E-state index in [4.69, 9.17) is 11.5 Å². The number of anilines is 1. The van der Waals surface area contributed by atoms with Crippen molar-refractivity contribution in [3.63, 3.8) is 0 Å². The number of benzene rings is 1. The molecule has 1 aromatic rings. The molecule has 0 saturated heterocycles. The maximum Gasteiger partial charge on any atom is 0.335 e. The zero-order valence-corrected chi connectivity index (χ0v) is 11.1. The predicted octanol–water partition coefficient (Wildman–Crippen LogP) is 1.97. The standard InChI is InChI=1S/C14H16N2O4/c1-3-7-16(8-4-2)14(20)15-11-6-5-10(13(18)19)9-12(11)17/h1,5-6,9,17H,4,7-8H2,2H3,(H,15,20)(H,18,19). The first-order valence-electron chi connectivity index (χ1n) is 6.05. The van der Waals surface area contributed by atoms with Crippen LogP contribution in [0.4, 0.5) is 10.5 Å². The Bertz CT molecular complexity index is 549. The molecule has 0 aliphatic rings. The number of phenols is 1. The Balaban J connectivity index is 2.84. The van der Waals surface area contributed by atoms with Crippen LogP contribution in [0.3, 0.4) is 0 Å². The Morgan fingerprint density at radius 3 is 2.65 bits per heavy atom. The van der Waals surface area contributed by atoms with Gasteiger partial charge in [-0.15, -0.1) is 6.42 Å². The zero-order valence-electron chi connectivity index (χ0n) is 11.1. The molecule has 0 unspecified atom stereocenters. The SMILES string of the molecule is C#CCN(CCC)C(=O)Nc1ccc(C(=O)O)cc1O. The Kier molecular flexibility index (Phi) is 5.42. The highest BCUT2D eigenvalue weighted by Crippen LogP contribution is 2.24. The second kappa shape index (κ2) is 7.04. The van der Waals surface area contributed by atoms with Crippen LogP contribution >= 0.6 is 0 Å². The van der Waals surface area contributed by atoms with Gasteiger partial charge in [-0.05, 0) is 24.6 Å². The first kappa shape index (κ1) is 15.4. The van der Waals surface area contributed by atoms with Gasteiger partial charge in [0.1, 0.15) is 5.75 Å². The number of aromatic hydroxyl groups is 1. The molecule has 1 rings (SSSR count). The van der Waals surface area contributed by atoms with Crippen LogP contribution in [0, 0.1) is 12.3 Å². The Morgan fingerprint density at radius 2 is 2.15 bits per heavy atom. The quantitative estimate of drug-likeness (QED) is 0.566. The lowest BCUT2D eigenvalue weighted by Crippen LogP contribution is -2.35. The van der Waals surface area contributed by atoms with E-state index in [2.05, 4.69) is 11.2 Å². The van der Waals surface area contributed by atoms with Crippen molar-refractivity contribution in [3.05, 3.63) is 23.8 Å². The van der Waals surface area contributed by atoms with E-state index in [0.29, 0.717) is 6.54 Å². The topological polar surface area (TPSA) is 89.9 Å². The van der Waals surface area contributed by atoms with Crippen molar-refractivity contribution in [1.29, 1.82) is 0 Å². The van der Waals surface area contributed by atoms with E-state index in [1.807, 2.05) is 6.92 Å². The third-order valence-corrected chi connectivity index (χ3v) is 2.55. The molecule has 0 aromatic heterocycles. The van der Waals surface area contributed by atoms with Crippen LogP contribution < -0.4 is 5.32 Å². The predicted molar refractivity (Wildman–Crippen MR) is 74.8 cm³/mol. The summed E-state index contributed by atoms with van der Waals surface area (Å²) >= 11 is 0. The van der Waals surface area contributed by atoms with E-state index in [1.165, 1.54) is 17.0 Å². The molecule has 106 valence electrons. The molecule has 3 N–H and O–H groups in total. The van der Waals surface area contributed by atoms with Crippen molar-refractivity contribution >= 4 is 17.7 Å². The molecule has 0 atom stereocenters. The molecule has 0 radical (unpaired) electrons. The van der Waals surface area contributed by atoms with Gasteiger partial charge in [-0.25, -0.2) is 9.59 Å². The number of hydrogen-bond acceptors (Lipinski definition) is 3. The van der Waals surface area contributed by atoms with E-state index >= 15 is 0 Å². The smallest absolute Gasteiger partial charge is 0.335 e. The third-order valence-electron chi connectivity index (χ3n) is 2.55. The number of rotatable bonds is 5. The molecule has 0 bridgehead atoms. The summed E-state index contributed by atoms with van der Waals surface area (Å²) in [7, 11) is 0. The Hall–Kier alpha value is -2.68. The van der Waals surface area contributed by atoms with E-state index in [-0.39, 0.29) is 23.5 Å². The lowest BCUT2D eigenvalue weighted by molar-refractivity contribution is 0.0696. The molecule has 1 aromatic carbocycles. The van der Waals surface area contributed by atoms with Gasteiger partial charge in [0.05, 0.1) is 17.8 Å². The van der Waals surface area contributed by atoms with E-state index in [9.17, 15) is 14.7 Å². The second-order valence-corrected chi connectivity index (χ2v) is 4.09. The van der Waals surface area contributed by atoms with Crippen LogP contribution in [-0.4, -0.2) is 40.2 Å². The number of carboxylic acids is 1. The lowest BCUT2D eigenvalue weighted by atomic mass is 10.2. The van der Waals surface area contributed by atoms with Gasteiger partial charge in [0.15, 0.2) is 0 Å². The minimum atomic E-state index is -1.15. The second-order valence-electron chi connectivity index (χ2n) is 4.09. The number of urea groups is 1. The summed E-state index contributed by atoms with van der Waals surface area (Å²) in [5, 5.41) is 21.0. The molecule has 0 fully saturated rings. The van der Waals surface area contributed by atoms with Gasteiger partial charge >= 0.3 is 12.0 Å². The van der Waals surface area contributed by atoms with Crippen LogP contribution in [0.25, 0.3) is 0 Å². The molecule has 2 amide bonds. The van der Waals surface area contributed by atoms with Gasteiger partial charge < -0.3 is 20.4 Å². The molecule has 0 aliphatic carbocycles. The summed E-state index contributed by atoms with van der Waals surface area (Å²) < 4.78 is 0. The van der Waals surface area contributed by atoms with Crippen LogP contribution in [0.5, 0.6) is 5.75 Å². The molecular formula is C14H16N2O4. The van der Waals surface area contributed by atoms with Gasteiger partial charge in [0, 0.05) is 6.54 Å². The van der Waals surface area contributed by atoms with Crippen molar-refractivity contribution in [3.8, 4) is 18.1 Å². The van der Waals surface area contributed by atoms with E-state index in [1.54, 1.807) is 0 Å². The fourth-order valence-electron chi connectivity index (χ4n) is 1.60. The molecule has 20 heavy (non-hydrogen) atoms. The summed E-state index contributed by atoms with van der Waals surface area (Å²) in [4.78, 5) is 24.1. The van der Waals surface area contributed by atoms with E-state index in [0.717, 1.165) is 12.5 Å². The van der Waals surface area contributed by atoms with Crippen molar-refractivity contribution < 1.29 is 19.8 Å². The summed E-state index contributed by atoms with van der Waals surface area (Å²) in [6, 6.07) is 3.26. The Morgan fingerprint density at radius 1 is 1.45 bits per heavy atom. The highest BCUT2D eigenvalue weighted by Gasteiger charge is 2.14. The average Bonchev–Trinajstić information content (AvgIpc) is 2.40. The van der Waals surface area contributed by atoms with Gasteiger partial charge in [-0.1, -0.05) is 12.8 Å². The zero-order chi connectivity index (χ0) is 15.1. The van der Waals surface area contributed by atoms with Crippen molar-refractivity contribution in [2.45, 2.75) is 13.3 Å². The molecule has 0 saturated carbocycles. The fourth-order valence-corrected chi connectivity index (χ4v) is 1.60. The number of nitrogens with one attached hydrogen (secondary N) is 1. The molecule has 0 heterocycles. The number of hydrogen-bond donors (Lipinski definition) is 3. The van der Waals surface area contributed by atoms with Crippen molar-refractivity contribution in [1.82, 2.24) is 4.90 Å². The van der Waals surface area contributed by atoms with Crippen molar-refractivity contribution in [2.24, 2.45) is 0 Å². The van der Waals surface area contributed by atoms with Crippen molar-refractivity contribution in [2.75, 3.05) is 18.4 Å².